The summed E-state index contributed by atoms with van der Waals surface area (Å²) in [5, 5.41) is 2.32. The van der Waals surface area contributed by atoms with Gasteiger partial charge in [-0.15, -0.1) is 0 Å². The molecule has 0 radical (unpaired) electrons. The third kappa shape index (κ3) is 4.22. The fourth-order valence-corrected chi connectivity index (χ4v) is 3.00. The minimum Gasteiger partial charge on any atom is -0.564 e. The first-order chi connectivity index (χ1) is 13.0. The summed E-state index contributed by atoms with van der Waals surface area (Å²) >= 11 is 0. The van der Waals surface area contributed by atoms with E-state index < -0.39 is 0 Å². The molecule has 0 spiro atoms. The molecule has 0 saturated heterocycles. The molecule has 0 bridgehead atoms. The third-order valence-electron chi connectivity index (χ3n) is 4.67. The zero-order valence-electron chi connectivity index (χ0n) is 16.2. The first-order valence-corrected chi connectivity index (χ1v) is 9.06. The molecule has 0 unspecified atom stereocenters. The average molecular weight is 358 g/mol. The lowest BCUT2D eigenvalue weighted by atomic mass is 9.99. The van der Waals surface area contributed by atoms with Crippen LogP contribution in [0.2, 0.25) is 6.82 Å². The van der Waals surface area contributed by atoms with Gasteiger partial charge in [-0.1, -0.05) is 31.1 Å². The van der Waals surface area contributed by atoms with Crippen LogP contribution in [0.15, 0.2) is 60.7 Å². The van der Waals surface area contributed by atoms with Gasteiger partial charge in [-0.25, -0.2) is 0 Å². The maximum absolute atomic E-state index is 12.7. The molecule has 27 heavy (non-hydrogen) atoms. The molecule has 0 aliphatic rings. The number of carbonyl (C=O) groups is 1. The Kier molecular flexibility index (Phi) is 5.65. The van der Waals surface area contributed by atoms with Crippen LogP contribution in [-0.2, 0) is 4.65 Å². The fraction of sp³-hybridized carbons (Fsp3) is 0.174. The lowest BCUT2D eigenvalue weighted by Gasteiger charge is -2.11. The van der Waals surface area contributed by atoms with Gasteiger partial charge in [-0.2, -0.15) is 0 Å². The van der Waals surface area contributed by atoms with E-state index in [9.17, 15) is 4.79 Å². The highest BCUT2D eigenvalue weighted by Crippen LogP contribution is 2.25. The van der Waals surface area contributed by atoms with E-state index in [0.717, 1.165) is 16.7 Å². The largest absolute Gasteiger partial charge is 0.564 e. The van der Waals surface area contributed by atoms with E-state index in [2.05, 4.69) is 38.1 Å². The van der Waals surface area contributed by atoms with Crippen LogP contribution in [0.3, 0.4) is 0 Å². The van der Waals surface area contributed by atoms with E-state index in [0.29, 0.717) is 18.8 Å². The molecule has 136 valence electrons. The van der Waals surface area contributed by atoms with Crippen molar-refractivity contribution in [2.75, 3.05) is 7.11 Å². The van der Waals surface area contributed by atoms with Gasteiger partial charge in [-0.05, 0) is 66.1 Å². The van der Waals surface area contributed by atoms with Crippen molar-refractivity contribution in [1.82, 2.24) is 0 Å². The second-order valence-corrected chi connectivity index (χ2v) is 6.53. The number of rotatable bonds is 6. The zero-order chi connectivity index (χ0) is 19.4. The molecule has 0 N–H and O–H groups in total. The minimum atomic E-state index is -0.0960. The quantitative estimate of drug-likeness (QED) is 0.266. The number of carbonyl (C=O) groups excluding carboxylic acids is 1. The van der Waals surface area contributed by atoms with Crippen LogP contribution >= 0.6 is 0 Å². The van der Waals surface area contributed by atoms with Gasteiger partial charge in [0.25, 0.3) is 0 Å². The van der Waals surface area contributed by atoms with Gasteiger partial charge >= 0.3 is 7.48 Å². The summed E-state index contributed by atoms with van der Waals surface area (Å²) in [6, 6.07) is 17.6. The van der Waals surface area contributed by atoms with Crippen LogP contribution in [0.5, 0.6) is 5.75 Å². The molecule has 3 aromatic rings. The van der Waals surface area contributed by atoms with Gasteiger partial charge in [0, 0.05) is 17.2 Å². The van der Waals surface area contributed by atoms with Gasteiger partial charge in [0.15, 0.2) is 5.78 Å². The second-order valence-electron chi connectivity index (χ2n) is 6.53. The number of aryl methyl sites for hydroxylation is 2. The summed E-state index contributed by atoms with van der Waals surface area (Å²) in [6.45, 7) is 6.13. The van der Waals surface area contributed by atoms with Crippen molar-refractivity contribution in [3.8, 4) is 5.75 Å². The van der Waals surface area contributed by atoms with E-state index >= 15 is 0 Å². The molecule has 0 amide bonds. The first-order valence-electron chi connectivity index (χ1n) is 9.06. The lowest BCUT2D eigenvalue weighted by Crippen LogP contribution is -2.01. The molecule has 3 rings (SSSR count). The van der Waals surface area contributed by atoms with Gasteiger partial charge in [0.2, 0.25) is 0 Å². The van der Waals surface area contributed by atoms with E-state index in [1.54, 1.807) is 37.5 Å². The normalized spacial score (nSPS) is 11.3. The molecule has 0 heterocycles. The summed E-state index contributed by atoms with van der Waals surface area (Å²) in [4.78, 5) is 12.7. The highest BCUT2D eigenvalue weighted by Gasteiger charge is 2.10. The number of ether oxygens (including phenoxy) is 1. The Morgan fingerprint density at radius 2 is 1.52 bits per heavy atom. The Bertz CT molecular complexity index is 1000. The average Bonchev–Trinajstić information content (AvgIpc) is 2.68. The predicted octanol–water partition coefficient (Wildman–Crippen LogP) is 5.11. The van der Waals surface area contributed by atoms with Crippen LogP contribution in [0.4, 0.5) is 0 Å². The van der Waals surface area contributed by atoms with E-state index in [-0.39, 0.29) is 5.78 Å². The van der Waals surface area contributed by atoms with Crippen LogP contribution in [0.25, 0.3) is 16.5 Å². The summed E-state index contributed by atoms with van der Waals surface area (Å²) < 4.78 is 10.9. The van der Waals surface area contributed by atoms with Crippen LogP contribution in [0.1, 0.15) is 27.0 Å². The third-order valence-corrected chi connectivity index (χ3v) is 4.67. The van der Waals surface area contributed by atoms with Crippen molar-refractivity contribution < 1.29 is 14.2 Å². The first kappa shape index (κ1) is 18.8. The SMILES string of the molecule is CBO/C(=C\C(=O)c1ccc(OC)cc1)c1ccc2cc(C)c(C)cc2c1. The predicted molar refractivity (Wildman–Crippen MR) is 113 cm³/mol. The summed E-state index contributed by atoms with van der Waals surface area (Å²) in [6.07, 6.45) is 1.56. The van der Waals surface area contributed by atoms with Gasteiger partial charge in [-0.3, -0.25) is 4.79 Å². The number of fused-ring (bicyclic) bond motifs is 1. The van der Waals surface area contributed by atoms with E-state index in [4.69, 9.17) is 9.39 Å². The monoisotopic (exact) mass is 358 g/mol. The minimum absolute atomic E-state index is 0.0960. The molecular weight excluding hydrogens is 335 g/mol. The number of hydrogen-bond donors (Lipinski definition) is 0. The van der Waals surface area contributed by atoms with Gasteiger partial charge in [0.05, 0.1) is 7.11 Å². The molecule has 0 fully saturated rings. The number of benzene rings is 3. The number of methoxy groups -OCH3 is 1. The molecule has 3 aromatic carbocycles. The highest BCUT2D eigenvalue weighted by molar-refractivity contribution is 6.27. The Labute approximate surface area is 160 Å². The van der Waals surface area contributed by atoms with E-state index in [1.807, 2.05) is 12.9 Å². The molecule has 0 atom stereocenters. The van der Waals surface area contributed by atoms with Crippen molar-refractivity contribution >= 4 is 29.8 Å². The molecule has 0 aromatic heterocycles. The summed E-state index contributed by atoms with van der Waals surface area (Å²) in [5.41, 5.74) is 4.01. The maximum Gasteiger partial charge on any atom is 0.336 e. The second kappa shape index (κ2) is 8.13. The summed E-state index contributed by atoms with van der Waals surface area (Å²) in [7, 11) is 2.10. The molecule has 3 nitrogen and oxygen atoms in total. The number of allylic oxidation sites excluding steroid dienone is 1. The smallest absolute Gasteiger partial charge is 0.336 e. The van der Waals surface area contributed by atoms with Crippen molar-refractivity contribution in [3.63, 3.8) is 0 Å². The van der Waals surface area contributed by atoms with Crippen molar-refractivity contribution in [2.24, 2.45) is 0 Å². The molecule has 0 saturated carbocycles. The van der Waals surface area contributed by atoms with Crippen molar-refractivity contribution in [1.29, 1.82) is 0 Å². The van der Waals surface area contributed by atoms with E-state index in [1.165, 1.54) is 16.5 Å². The van der Waals surface area contributed by atoms with Crippen LogP contribution < -0.4 is 4.74 Å². The molecule has 0 aliphatic heterocycles. The Balaban J connectivity index is 1.98. The lowest BCUT2D eigenvalue weighted by molar-refractivity contribution is 0.104. The molecular formula is C23H23BO3. The number of ketones is 1. The summed E-state index contributed by atoms with van der Waals surface area (Å²) in [5.74, 6) is 1.21. The standard InChI is InChI=1S/C23H23BO3/c1-15-11-18-5-6-19(13-20(18)12-16(15)2)23(27-24-3)14-22(25)17-7-9-21(26-4)10-8-17/h5-14,24H,1-4H3/b23-14-. The van der Waals surface area contributed by atoms with Gasteiger partial charge in [0.1, 0.15) is 11.5 Å². The molecule has 4 heteroatoms. The van der Waals surface area contributed by atoms with Crippen molar-refractivity contribution in [2.45, 2.75) is 20.7 Å². The van der Waals surface area contributed by atoms with Crippen LogP contribution in [0, 0.1) is 13.8 Å². The topological polar surface area (TPSA) is 35.5 Å². The van der Waals surface area contributed by atoms with Crippen molar-refractivity contribution in [3.05, 3.63) is 82.9 Å². The van der Waals surface area contributed by atoms with Gasteiger partial charge < -0.3 is 9.39 Å². The Morgan fingerprint density at radius 1 is 0.889 bits per heavy atom. The molecule has 0 aliphatic carbocycles. The highest BCUT2D eigenvalue weighted by atomic mass is 16.5. The Hall–Kier alpha value is -3.01. The van der Waals surface area contributed by atoms with Crippen LogP contribution in [-0.4, -0.2) is 20.4 Å². The number of hydrogen-bond acceptors (Lipinski definition) is 3. The maximum atomic E-state index is 12.7. The Morgan fingerprint density at radius 3 is 2.15 bits per heavy atom. The fourth-order valence-electron chi connectivity index (χ4n) is 3.00. The zero-order valence-corrected chi connectivity index (χ0v) is 16.2.